The Bertz CT molecular complexity index is 1110. The van der Waals surface area contributed by atoms with Gasteiger partial charge in [0.15, 0.2) is 5.78 Å². The number of ketones is 1. The van der Waals surface area contributed by atoms with E-state index in [-0.39, 0.29) is 5.78 Å². The molecule has 0 saturated heterocycles. The molecule has 2 aromatic carbocycles. The lowest BCUT2D eigenvalue weighted by molar-refractivity contribution is 0.101. The summed E-state index contributed by atoms with van der Waals surface area (Å²) in [5, 5.41) is 6.48. The van der Waals surface area contributed by atoms with Gasteiger partial charge < -0.3 is 15.1 Å². The van der Waals surface area contributed by atoms with Crippen molar-refractivity contribution in [2.45, 2.75) is 13.5 Å². The molecule has 0 aliphatic rings. The van der Waals surface area contributed by atoms with E-state index in [1.807, 2.05) is 66.7 Å². The Morgan fingerprint density at radius 2 is 1.83 bits per heavy atom. The van der Waals surface area contributed by atoms with Gasteiger partial charge in [0, 0.05) is 22.9 Å². The highest BCUT2D eigenvalue weighted by Crippen LogP contribution is 2.24. The second-order valence-corrected chi connectivity index (χ2v) is 6.52. The highest BCUT2D eigenvalue weighted by atomic mass is 16.3. The van der Waals surface area contributed by atoms with Gasteiger partial charge in [0.05, 0.1) is 18.5 Å². The van der Waals surface area contributed by atoms with Crippen LogP contribution in [0.3, 0.4) is 0 Å². The number of aromatic nitrogens is 2. The number of hydrogen-bond acceptors (Lipinski definition) is 6. The minimum Gasteiger partial charge on any atom is -0.467 e. The minimum atomic E-state index is 0.0158. The Labute approximate surface area is 168 Å². The monoisotopic (exact) mass is 384 g/mol. The number of furan rings is 1. The minimum absolute atomic E-state index is 0.0158. The van der Waals surface area contributed by atoms with Crippen LogP contribution in [-0.4, -0.2) is 15.8 Å². The lowest BCUT2D eigenvalue weighted by Crippen LogP contribution is -2.06. The number of hydrogen-bond donors (Lipinski definition) is 2. The van der Waals surface area contributed by atoms with Crippen LogP contribution >= 0.6 is 0 Å². The van der Waals surface area contributed by atoms with Crippen molar-refractivity contribution < 1.29 is 9.21 Å². The van der Waals surface area contributed by atoms with E-state index in [1.165, 1.54) is 0 Å². The zero-order valence-electron chi connectivity index (χ0n) is 15.9. The van der Waals surface area contributed by atoms with E-state index in [1.54, 1.807) is 19.3 Å². The predicted octanol–water partition coefficient (Wildman–Crippen LogP) is 5.29. The molecule has 0 spiro atoms. The van der Waals surface area contributed by atoms with E-state index in [4.69, 9.17) is 4.42 Å². The highest BCUT2D eigenvalue weighted by molar-refractivity contribution is 5.95. The van der Waals surface area contributed by atoms with Gasteiger partial charge >= 0.3 is 0 Å². The molecule has 2 heterocycles. The third kappa shape index (κ3) is 4.68. The van der Waals surface area contributed by atoms with Crippen molar-refractivity contribution in [3.05, 3.63) is 90.4 Å². The summed E-state index contributed by atoms with van der Waals surface area (Å²) in [7, 11) is 0. The van der Waals surface area contributed by atoms with Crippen molar-refractivity contribution in [3.8, 4) is 11.3 Å². The molecule has 2 N–H and O–H groups in total. The van der Waals surface area contributed by atoms with Crippen LogP contribution in [0.25, 0.3) is 11.3 Å². The second kappa shape index (κ2) is 8.39. The summed E-state index contributed by atoms with van der Waals surface area (Å²) in [6, 6.07) is 22.9. The third-order valence-electron chi connectivity index (χ3n) is 4.34. The van der Waals surface area contributed by atoms with Crippen LogP contribution < -0.4 is 10.6 Å². The summed E-state index contributed by atoms with van der Waals surface area (Å²) < 4.78 is 5.37. The molecule has 0 fully saturated rings. The molecule has 0 bridgehead atoms. The van der Waals surface area contributed by atoms with Crippen molar-refractivity contribution in [1.82, 2.24) is 9.97 Å². The molecule has 4 aromatic rings. The van der Waals surface area contributed by atoms with Gasteiger partial charge in [-0.3, -0.25) is 4.79 Å². The lowest BCUT2D eigenvalue weighted by atomic mass is 10.1. The van der Waals surface area contributed by atoms with Gasteiger partial charge in [0.25, 0.3) is 0 Å². The number of benzene rings is 2. The van der Waals surface area contributed by atoms with E-state index in [0.29, 0.717) is 23.9 Å². The first-order chi connectivity index (χ1) is 14.2. The SMILES string of the molecule is CC(=O)c1cccc(Nc2cc(-c3ccccc3)nc(NCc3ccco3)n2)c1. The topological polar surface area (TPSA) is 80.0 Å². The number of anilines is 3. The first kappa shape index (κ1) is 18.4. The molecule has 0 atom stereocenters. The molecule has 0 aliphatic carbocycles. The number of carbonyl (C=O) groups excluding carboxylic acids is 1. The Balaban J connectivity index is 1.65. The van der Waals surface area contributed by atoms with E-state index in [0.717, 1.165) is 22.7 Å². The van der Waals surface area contributed by atoms with Gasteiger partial charge in [-0.25, -0.2) is 4.98 Å². The van der Waals surface area contributed by atoms with E-state index >= 15 is 0 Å². The number of rotatable bonds is 7. The smallest absolute Gasteiger partial charge is 0.225 e. The largest absolute Gasteiger partial charge is 0.467 e. The molecule has 2 aromatic heterocycles. The fraction of sp³-hybridized carbons (Fsp3) is 0.0870. The van der Waals surface area contributed by atoms with Crippen LogP contribution in [0.15, 0.2) is 83.5 Å². The number of Topliss-reactive ketones (excluding diaryl/α,β-unsaturated/α-hetero) is 1. The molecule has 144 valence electrons. The standard InChI is InChI=1S/C23H20N4O2/c1-16(28)18-9-5-10-19(13-18)25-22-14-21(17-7-3-2-4-8-17)26-23(27-22)24-15-20-11-6-12-29-20/h2-14H,15H2,1H3,(H2,24,25,26,27). The predicted molar refractivity (Wildman–Crippen MR) is 113 cm³/mol. The van der Waals surface area contributed by atoms with Crippen molar-refractivity contribution in [1.29, 1.82) is 0 Å². The molecule has 6 heteroatoms. The number of nitrogens with zero attached hydrogens (tertiary/aromatic N) is 2. The van der Waals surface area contributed by atoms with Gasteiger partial charge in [0.1, 0.15) is 11.6 Å². The van der Waals surface area contributed by atoms with Gasteiger partial charge in [-0.1, -0.05) is 42.5 Å². The number of carbonyl (C=O) groups is 1. The summed E-state index contributed by atoms with van der Waals surface area (Å²) in [6.07, 6.45) is 1.63. The molecular formula is C23H20N4O2. The molecular weight excluding hydrogens is 364 g/mol. The van der Waals surface area contributed by atoms with Crippen molar-refractivity contribution in [2.24, 2.45) is 0 Å². The lowest BCUT2D eigenvalue weighted by Gasteiger charge is -2.11. The van der Waals surface area contributed by atoms with Crippen LogP contribution in [0.2, 0.25) is 0 Å². The van der Waals surface area contributed by atoms with E-state index < -0.39 is 0 Å². The highest BCUT2D eigenvalue weighted by Gasteiger charge is 2.09. The molecule has 0 amide bonds. The molecule has 4 rings (SSSR count). The summed E-state index contributed by atoms with van der Waals surface area (Å²) in [6.45, 7) is 2.03. The maximum absolute atomic E-state index is 11.7. The average Bonchev–Trinajstić information content (AvgIpc) is 3.27. The normalized spacial score (nSPS) is 10.5. The van der Waals surface area contributed by atoms with Crippen molar-refractivity contribution in [3.63, 3.8) is 0 Å². The Kier molecular flexibility index (Phi) is 5.33. The summed E-state index contributed by atoms with van der Waals surface area (Å²) in [5.41, 5.74) is 3.19. The maximum atomic E-state index is 11.7. The summed E-state index contributed by atoms with van der Waals surface area (Å²) in [4.78, 5) is 20.9. The van der Waals surface area contributed by atoms with Crippen LogP contribution in [0.5, 0.6) is 0 Å². The fourth-order valence-corrected chi connectivity index (χ4v) is 2.89. The molecule has 0 saturated carbocycles. The Morgan fingerprint density at radius 1 is 0.966 bits per heavy atom. The van der Waals surface area contributed by atoms with Crippen LogP contribution in [0, 0.1) is 0 Å². The zero-order valence-corrected chi connectivity index (χ0v) is 15.9. The van der Waals surface area contributed by atoms with Gasteiger partial charge in [-0.15, -0.1) is 0 Å². The molecule has 6 nitrogen and oxygen atoms in total. The van der Waals surface area contributed by atoms with Crippen molar-refractivity contribution >= 4 is 23.2 Å². The number of nitrogens with one attached hydrogen (secondary N) is 2. The van der Waals surface area contributed by atoms with Gasteiger partial charge in [0.2, 0.25) is 5.95 Å². The molecule has 0 aliphatic heterocycles. The Morgan fingerprint density at radius 3 is 2.59 bits per heavy atom. The first-order valence-electron chi connectivity index (χ1n) is 9.26. The summed E-state index contributed by atoms with van der Waals surface area (Å²) >= 11 is 0. The maximum Gasteiger partial charge on any atom is 0.225 e. The molecule has 0 radical (unpaired) electrons. The average molecular weight is 384 g/mol. The van der Waals surface area contributed by atoms with Gasteiger partial charge in [-0.2, -0.15) is 4.98 Å². The first-order valence-corrected chi connectivity index (χ1v) is 9.26. The molecule has 0 unspecified atom stereocenters. The fourth-order valence-electron chi connectivity index (χ4n) is 2.89. The van der Waals surface area contributed by atoms with E-state index in [2.05, 4.69) is 20.6 Å². The quantitative estimate of drug-likeness (QED) is 0.421. The van der Waals surface area contributed by atoms with Crippen LogP contribution in [-0.2, 0) is 6.54 Å². The summed E-state index contributed by atoms with van der Waals surface area (Å²) in [5.74, 6) is 1.92. The van der Waals surface area contributed by atoms with Gasteiger partial charge in [-0.05, 0) is 31.2 Å². The Hall–Kier alpha value is -3.93. The van der Waals surface area contributed by atoms with Crippen molar-refractivity contribution in [2.75, 3.05) is 10.6 Å². The van der Waals surface area contributed by atoms with E-state index in [9.17, 15) is 4.79 Å². The third-order valence-corrected chi connectivity index (χ3v) is 4.34. The molecule has 29 heavy (non-hydrogen) atoms. The zero-order chi connectivity index (χ0) is 20.1. The second-order valence-electron chi connectivity index (χ2n) is 6.52. The van der Waals surface area contributed by atoms with Crippen LogP contribution in [0.4, 0.5) is 17.5 Å². The van der Waals surface area contributed by atoms with Crippen LogP contribution in [0.1, 0.15) is 23.0 Å².